The SMILES string of the molecule is Cc1ccc(-c2nsc(Oc3cc(C)c(CCn4cnc5c4CCCC5)cc3C)n2)cc1. The lowest BCUT2D eigenvalue weighted by atomic mass is 10.00. The van der Waals surface area contributed by atoms with Crippen LogP contribution in [0.1, 0.15) is 46.5 Å². The number of imidazole rings is 1. The second kappa shape index (κ2) is 8.87. The van der Waals surface area contributed by atoms with Gasteiger partial charge in [0.2, 0.25) is 0 Å². The van der Waals surface area contributed by atoms with Gasteiger partial charge < -0.3 is 9.30 Å². The van der Waals surface area contributed by atoms with Gasteiger partial charge in [-0.25, -0.2) is 4.98 Å². The lowest BCUT2D eigenvalue weighted by Gasteiger charge is -2.15. The summed E-state index contributed by atoms with van der Waals surface area (Å²) >= 11 is 1.29. The molecule has 0 fully saturated rings. The van der Waals surface area contributed by atoms with E-state index in [1.54, 1.807) is 0 Å². The molecule has 4 aromatic rings. The molecule has 1 aliphatic carbocycles. The first kappa shape index (κ1) is 20.9. The van der Waals surface area contributed by atoms with Crippen molar-refractivity contribution in [2.24, 2.45) is 0 Å². The highest BCUT2D eigenvalue weighted by Crippen LogP contribution is 2.31. The molecular weight excluding hydrogens is 416 g/mol. The summed E-state index contributed by atoms with van der Waals surface area (Å²) in [6.45, 7) is 7.30. The number of fused-ring (bicyclic) bond motifs is 1. The van der Waals surface area contributed by atoms with Gasteiger partial charge in [-0.1, -0.05) is 35.9 Å². The topological polar surface area (TPSA) is 52.8 Å². The van der Waals surface area contributed by atoms with Crippen LogP contribution in [-0.2, 0) is 25.8 Å². The third kappa shape index (κ3) is 4.32. The Balaban J connectivity index is 1.29. The minimum Gasteiger partial charge on any atom is -0.430 e. The Morgan fingerprint density at radius 2 is 1.81 bits per heavy atom. The van der Waals surface area contributed by atoms with Gasteiger partial charge in [0.15, 0.2) is 5.82 Å². The number of hydrogen-bond acceptors (Lipinski definition) is 5. The van der Waals surface area contributed by atoms with E-state index in [9.17, 15) is 0 Å². The molecule has 0 N–H and O–H groups in total. The zero-order chi connectivity index (χ0) is 22.1. The molecule has 2 aromatic heterocycles. The van der Waals surface area contributed by atoms with E-state index < -0.39 is 0 Å². The van der Waals surface area contributed by atoms with Crippen molar-refractivity contribution in [2.75, 3.05) is 0 Å². The van der Waals surface area contributed by atoms with Gasteiger partial charge in [-0.05, 0) is 75.6 Å². The molecule has 2 aromatic carbocycles. The summed E-state index contributed by atoms with van der Waals surface area (Å²) in [5.74, 6) is 1.55. The van der Waals surface area contributed by atoms with E-state index in [1.807, 2.05) is 18.5 Å². The van der Waals surface area contributed by atoms with Gasteiger partial charge in [0.05, 0.1) is 12.0 Å². The van der Waals surface area contributed by atoms with Crippen LogP contribution in [0.3, 0.4) is 0 Å². The molecule has 0 amide bonds. The zero-order valence-corrected chi connectivity index (χ0v) is 19.7. The van der Waals surface area contributed by atoms with Crippen molar-refractivity contribution in [1.29, 1.82) is 0 Å². The standard InChI is InChI=1S/C26H28N4OS/c1-17-8-10-20(11-9-17)25-28-26(32-29-25)31-24-15-18(2)21(14-19(24)3)12-13-30-16-27-22-6-4-5-7-23(22)30/h8-11,14-16H,4-7,12-13H2,1-3H3. The quantitative estimate of drug-likeness (QED) is 0.353. The third-order valence-corrected chi connectivity index (χ3v) is 6.87. The van der Waals surface area contributed by atoms with Gasteiger partial charge in [-0.3, -0.25) is 0 Å². The van der Waals surface area contributed by atoms with Crippen LogP contribution in [0.25, 0.3) is 11.4 Å². The molecule has 32 heavy (non-hydrogen) atoms. The summed E-state index contributed by atoms with van der Waals surface area (Å²) in [6, 6.07) is 12.6. The highest BCUT2D eigenvalue weighted by atomic mass is 32.1. The highest BCUT2D eigenvalue weighted by Gasteiger charge is 2.16. The molecule has 2 heterocycles. The van der Waals surface area contributed by atoms with Crippen molar-refractivity contribution in [3.8, 4) is 22.3 Å². The number of benzene rings is 2. The first-order valence-electron chi connectivity index (χ1n) is 11.3. The van der Waals surface area contributed by atoms with E-state index in [1.165, 1.54) is 52.5 Å². The summed E-state index contributed by atoms with van der Waals surface area (Å²) in [7, 11) is 0. The maximum absolute atomic E-state index is 6.13. The summed E-state index contributed by atoms with van der Waals surface area (Å²) in [4.78, 5) is 9.21. The van der Waals surface area contributed by atoms with Gasteiger partial charge in [0, 0.05) is 29.3 Å². The van der Waals surface area contributed by atoms with E-state index in [4.69, 9.17) is 4.74 Å². The number of hydrogen-bond donors (Lipinski definition) is 0. The van der Waals surface area contributed by atoms with Crippen molar-refractivity contribution in [3.63, 3.8) is 0 Å². The van der Waals surface area contributed by atoms with Crippen LogP contribution in [0.15, 0.2) is 42.7 Å². The first-order chi connectivity index (χ1) is 15.6. The lowest BCUT2D eigenvalue weighted by Crippen LogP contribution is -2.10. The molecule has 0 saturated carbocycles. The molecule has 0 unspecified atom stereocenters. The maximum Gasteiger partial charge on any atom is 0.299 e. The van der Waals surface area contributed by atoms with Gasteiger partial charge in [-0.2, -0.15) is 9.36 Å². The number of aryl methyl sites for hydroxylation is 6. The van der Waals surface area contributed by atoms with E-state index in [0.717, 1.165) is 42.7 Å². The highest BCUT2D eigenvalue weighted by molar-refractivity contribution is 7.07. The Hall–Kier alpha value is -2.99. The Morgan fingerprint density at radius 3 is 2.66 bits per heavy atom. The second-order valence-electron chi connectivity index (χ2n) is 8.68. The van der Waals surface area contributed by atoms with Crippen LogP contribution in [0.2, 0.25) is 0 Å². The molecule has 5 rings (SSSR count). The largest absolute Gasteiger partial charge is 0.430 e. The molecule has 164 valence electrons. The van der Waals surface area contributed by atoms with Crippen molar-refractivity contribution >= 4 is 11.5 Å². The van der Waals surface area contributed by atoms with Gasteiger partial charge >= 0.3 is 0 Å². The van der Waals surface area contributed by atoms with Crippen molar-refractivity contribution in [3.05, 3.63) is 76.4 Å². The van der Waals surface area contributed by atoms with Crippen LogP contribution in [-0.4, -0.2) is 18.9 Å². The molecule has 0 radical (unpaired) electrons. The molecule has 0 aliphatic heterocycles. The average molecular weight is 445 g/mol. The van der Waals surface area contributed by atoms with Crippen molar-refractivity contribution < 1.29 is 4.74 Å². The van der Waals surface area contributed by atoms with Gasteiger partial charge in [0.1, 0.15) is 5.75 Å². The molecule has 1 aliphatic rings. The fraction of sp³-hybridized carbons (Fsp3) is 0.346. The fourth-order valence-corrected chi connectivity index (χ4v) is 4.92. The maximum atomic E-state index is 6.13. The zero-order valence-electron chi connectivity index (χ0n) is 18.9. The molecule has 0 saturated heterocycles. The molecule has 0 atom stereocenters. The molecule has 0 bridgehead atoms. The van der Waals surface area contributed by atoms with E-state index in [0.29, 0.717) is 11.0 Å². The number of nitrogens with zero attached hydrogens (tertiary/aromatic N) is 4. The van der Waals surface area contributed by atoms with Crippen LogP contribution in [0.5, 0.6) is 10.9 Å². The summed E-state index contributed by atoms with van der Waals surface area (Å²) in [6.07, 6.45) is 7.85. The molecule has 5 nitrogen and oxygen atoms in total. The fourth-order valence-electron chi connectivity index (χ4n) is 4.36. The van der Waals surface area contributed by atoms with Crippen LogP contribution in [0, 0.1) is 20.8 Å². The number of ether oxygens (including phenoxy) is 1. The van der Waals surface area contributed by atoms with Crippen LogP contribution >= 0.6 is 11.5 Å². The smallest absolute Gasteiger partial charge is 0.299 e. The first-order valence-corrected chi connectivity index (χ1v) is 12.1. The predicted octanol–water partition coefficient (Wildman–Crippen LogP) is 6.24. The van der Waals surface area contributed by atoms with Gasteiger partial charge in [-0.15, -0.1) is 0 Å². The molecular formula is C26H28N4OS. The lowest BCUT2D eigenvalue weighted by molar-refractivity contribution is 0.474. The Bertz CT molecular complexity index is 1240. The number of aromatic nitrogens is 4. The van der Waals surface area contributed by atoms with E-state index in [2.05, 4.69) is 63.9 Å². The summed E-state index contributed by atoms with van der Waals surface area (Å²) in [5.41, 5.74) is 8.67. The minimum absolute atomic E-state index is 0.570. The van der Waals surface area contributed by atoms with E-state index in [-0.39, 0.29) is 0 Å². The van der Waals surface area contributed by atoms with Crippen molar-refractivity contribution in [1.82, 2.24) is 18.9 Å². The van der Waals surface area contributed by atoms with E-state index >= 15 is 0 Å². The minimum atomic E-state index is 0.570. The molecule has 0 spiro atoms. The normalized spacial score (nSPS) is 13.2. The monoisotopic (exact) mass is 444 g/mol. The summed E-state index contributed by atoms with van der Waals surface area (Å²) < 4.78 is 12.9. The molecule has 6 heteroatoms. The summed E-state index contributed by atoms with van der Waals surface area (Å²) in [5, 5.41) is 0.570. The van der Waals surface area contributed by atoms with Gasteiger partial charge in [0.25, 0.3) is 5.19 Å². The Labute approximate surface area is 193 Å². The average Bonchev–Trinajstić information content (AvgIpc) is 3.43. The Morgan fingerprint density at radius 1 is 1.00 bits per heavy atom. The van der Waals surface area contributed by atoms with Crippen LogP contribution in [0.4, 0.5) is 0 Å². The van der Waals surface area contributed by atoms with Crippen LogP contribution < -0.4 is 4.74 Å². The predicted molar refractivity (Wildman–Crippen MR) is 129 cm³/mol. The Kier molecular flexibility index (Phi) is 5.79. The third-order valence-electron chi connectivity index (χ3n) is 6.28. The number of rotatable bonds is 6. The second-order valence-corrected chi connectivity index (χ2v) is 9.40. The van der Waals surface area contributed by atoms with Crippen molar-refractivity contribution in [2.45, 2.75) is 59.4 Å².